The number of nitrogens with zero attached hydrogens (tertiary/aromatic N) is 1. The van der Waals surface area contributed by atoms with Gasteiger partial charge in [-0.1, -0.05) is 13.0 Å². The van der Waals surface area contributed by atoms with Crippen LogP contribution in [0.2, 0.25) is 0 Å². The van der Waals surface area contributed by atoms with E-state index in [4.69, 9.17) is 0 Å². The highest BCUT2D eigenvalue weighted by atomic mass is 15.0. The highest BCUT2D eigenvalue weighted by Crippen LogP contribution is 2.33. The summed E-state index contributed by atoms with van der Waals surface area (Å²) in [5.74, 6) is 0.923. The van der Waals surface area contributed by atoms with E-state index in [1.165, 1.54) is 36.9 Å². The quantitative estimate of drug-likeness (QED) is 0.797. The molecule has 0 bridgehead atoms. The monoisotopic (exact) mass is 202 g/mol. The first-order valence-electron chi connectivity index (χ1n) is 6.03. The number of hydrogen-bond acceptors (Lipinski definition) is 2. The molecule has 2 aliphatic carbocycles. The van der Waals surface area contributed by atoms with E-state index in [0.717, 1.165) is 12.0 Å². The van der Waals surface area contributed by atoms with Gasteiger partial charge in [-0.25, -0.2) is 0 Å². The Morgan fingerprint density at radius 1 is 1.40 bits per heavy atom. The predicted molar refractivity (Wildman–Crippen MR) is 60.6 cm³/mol. The van der Waals surface area contributed by atoms with Crippen molar-refractivity contribution in [3.63, 3.8) is 0 Å². The highest BCUT2D eigenvalue weighted by molar-refractivity contribution is 5.28. The maximum absolute atomic E-state index is 4.51. The summed E-state index contributed by atoms with van der Waals surface area (Å²) < 4.78 is 0. The van der Waals surface area contributed by atoms with E-state index < -0.39 is 0 Å². The second-order valence-corrected chi connectivity index (χ2v) is 5.08. The van der Waals surface area contributed by atoms with Crippen molar-refractivity contribution in [1.82, 2.24) is 10.3 Å². The fourth-order valence-electron chi connectivity index (χ4n) is 2.90. The van der Waals surface area contributed by atoms with Crippen molar-refractivity contribution in [3.8, 4) is 0 Å². The summed E-state index contributed by atoms with van der Waals surface area (Å²) in [7, 11) is 0. The smallest absolute Gasteiger partial charge is 0.0605 e. The standard InChI is InChI=1S/C13H18N2/c1-9-7-11(8-9)15-12-5-4-10-3-2-6-14-13(10)12/h2-3,6,9,11-12,15H,4-5,7-8H2,1H3. The number of hydrogen-bond donors (Lipinski definition) is 1. The van der Waals surface area contributed by atoms with Gasteiger partial charge in [-0.15, -0.1) is 0 Å². The molecule has 1 fully saturated rings. The van der Waals surface area contributed by atoms with Gasteiger partial charge in [0.15, 0.2) is 0 Å². The zero-order valence-electron chi connectivity index (χ0n) is 9.24. The zero-order valence-corrected chi connectivity index (χ0v) is 9.24. The Bertz CT molecular complexity index is 355. The second-order valence-electron chi connectivity index (χ2n) is 5.08. The Kier molecular flexibility index (Phi) is 2.24. The van der Waals surface area contributed by atoms with E-state index >= 15 is 0 Å². The molecule has 1 atom stereocenters. The first-order valence-corrected chi connectivity index (χ1v) is 6.03. The number of rotatable bonds is 2. The molecule has 0 radical (unpaired) electrons. The van der Waals surface area contributed by atoms with Gasteiger partial charge in [-0.2, -0.15) is 0 Å². The van der Waals surface area contributed by atoms with Gasteiger partial charge in [0, 0.05) is 12.2 Å². The van der Waals surface area contributed by atoms with Crippen molar-refractivity contribution in [3.05, 3.63) is 29.6 Å². The Morgan fingerprint density at radius 3 is 3.07 bits per heavy atom. The summed E-state index contributed by atoms with van der Waals surface area (Å²) in [5, 5.41) is 3.74. The number of aryl methyl sites for hydroxylation is 1. The van der Waals surface area contributed by atoms with Crippen molar-refractivity contribution in [2.75, 3.05) is 0 Å². The van der Waals surface area contributed by atoms with E-state index in [9.17, 15) is 0 Å². The van der Waals surface area contributed by atoms with Gasteiger partial charge >= 0.3 is 0 Å². The van der Waals surface area contributed by atoms with Crippen molar-refractivity contribution >= 4 is 0 Å². The average molecular weight is 202 g/mol. The molecule has 3 rings (SSSR count). The Hall–Kier alpha value is -0.890. The van der Waals surface area contributed by atoms with E-state index in [0.29, 0.717) is 6.04 Å². The van der Waals surface area contributed by atoms with Gasteiger partial charge in [0.05, 0.1) is 11.7 Å². The molecule has 0 aliphatic heterocycles. The molecule has 1 N–H and O–H groups in total. The second kappa shape index (κ2) is 3.60. The lowest BCUT2D eigenvalue weighted by atomic mass is 9.81. The molecule has 0 amide bonds. The normalized spacial score (nSPS) is 33.5. The van der Waals surface area contributed by atoms with Gasteiger partial charge in [0.2, 0.25) is 0 Å². The number of aromatic nitrogens is 1. The van der Waals surface area contributed by atoms with Gasteiger partial charge in [0.25, 0.3) is 0 Å². The summed E-state index contributed by atoms with van der Waals surface area (Å²) in [6, 6.07) is 5.54. The number of nitrogens with one attached hydrogen (secondary N) is 1. The van der Waals surface area contributed by atoms with Crippen molar-refractivity contribution < 1.29 is 0 Å². The molecule has 80 valence electrons. The van der Waals surface area contributed by atoms with Crippen LogP contribution in [0.4, 0.5) is 0 Å². The molecule has 1 unspecified atom stereocenters. The zero-order chi connectivity index (χ0) is 10.3. The molecule has 0 aromatic carbocycles. The summed E-state index contributed by atoms with van der Waals surface area (Å²) in [4.78, 5) is 4.51. The first kappa shape index (κ1) is 9.34. The third kappa shape index (κ3) is 1.67. The number of fused-ring (bicyclic) bond motifs is 1. The van der Waals surface area contributed by atoms with Crippen LogP contribution in [0.3, 0.4) is 0 Å². The molecule has 2 aliphatic rings. The lowest BCUT2D eigenvalue weighted by Gasteiger charge is -2.35. The van der Waals surface area contributed by atoms with Gasteiger partial charge in [-0.05, 0) is 43.2 Å². The van der Waals surface area contributed by atoms with E-state index in [2.05, 4.69) is 23.3 Å². The topological polar surface area (TPSA) is 24.9 Å². The lowest BCUT2D eigenvalue weighted by molar-refractivity contribution is 0.221. The molecular weight excluding hydrogens is 184 g/mol. The summed E-state index contributed by atoms with van der Waals surface area (Å²) in [6.07, 6.45) is 7.04. The molecule has 1 saturated carbocycles. The van der Waals surface area contributed by atoms with Crippen LogP contribution >= 0.6 is 0 Å². The minimum atomic E-state index is 0.527. The van der Waals surface area contributed by atoms with Crippen LogP contribution in [0.25, 0.3) is 0 Å². The van der Waals surface area contributed by atoms with Crippen LogP contribution in [-0.2, 0) is 6.42 Å². The minimum Gasteiger partial charge on any atom is -0.306 e. The largest absolute Gasteiger partial charge is 0.306 e. The van der Waals surface area contributed by atoms with Crippen molar-refractivity contribution in [2.45, 2.75) is 44.7 Å². The fraction of sp³-hybridized carbons (Fsp3) is 0.615. The third-order valence-electron chi connectivity index (χ3n) is 3.77. The minimum absolute atomic E-state index is 0.527. The van der Waals surface area contributed by atoms with Crippen LogP contribution in [0, 0.1) is 5.92 Å². The molecule has 15 heavy (non-hydrogen) atoms. The summed E-state index contributed by atoms with van der Waals surface area (Å²) in [6.45, 7) is 2.33. The van der Waals surface area contributed by atoms with Crippen LogP contribution in [0.5, 0.6) is 0 Å². The van der Waals surface area contributed by atoms with Gasteiger partial charge in [0.1, 0.15) is 0 Å². The van der Waals surface area contributed by atoms with Gasteiger partial charge < -0.3 is 5.32 Å². The maximum Gasteiger partial charge on any atom is 0.0605 e. The van der Waals surface area contributed by atoms with Crippen molar-refractivity contribution in [1.29, 1.82) is 0 Å². The maximum atomic E-state index is 4.51. The molecule has 0 spiro atoms. The predicted octanol–water partition coefficient (Wildman–Crippen LogP) is 2.46. The van der Waals surface area contributed by atoms with Crippen LogP contribution in [0.1, 0.15) is 43.5 Å². The van der Waals surface area contributed by atoms with Crippen molar-refractivity contribution in [2.24, 2.45) is 5.92 Å². The van der Waals surface area contributed by atoms with Crippen LogP contribution < -0.4 is 5.32 Å². The Balaban J connectivity index is 1.69. The summed E-state index contributed by atoms with van der Waals surface area (Å²) >= 11 is 0. The lowest BCUT2D eigenvalue weighted by Crippen LogP contribution is -2.41. The van der Waals surface area contributed by atoms with E-state index in [-0.39, 0.29) is 0 Å². The molecule has 1 aromatic rings. The molecule has 0 saturated heterocycles. The molecule has 1 heterocycles. The Labute approximate surface area is 91.1 Å². The molecular formula is C13H18N2. The van der Waals surface area contributed by atoms with Crippen LogP contribution in [-0.4, -0.2) is 11.0 Å². The molecule has 2 heteroatoms. The SMILES string of the molecule is CC1CC(NC2CCc3cccnc32)C1. The average Bonchev–Trinajstić information content (AvgIpc) is 2.60. The van der Waals surface area contributed by atoms with E-state index in [1.54, 1.807) is 0 Å². The Morgan fingerprint density at radius 2 is 2.27 bits per heavy atom. The highest BCUT2D eigenvalue weighted by Gasteiger charge is 2.31. The number of pyridine rings is 1. The fourth-order valence-corrected chi connectivity index (χ4v) is 2.90. The van der Waals surface area contributed by atoms with Gasteiger partial charge in [-0.3, -0.25) is 4.98 Å². The van der Waals surface area contributed by atoms with Crippen LogP contribution in [0.15, 0.2) is 18.3 Å². The molecule has 2 nitrogen and oxygen atoms in total. The first-order chi connectivity index (χ1) is 7.33. The van der Waals surface area contributed by atoms with E-state index in [1.807, 2.05) is 12.3 Å². The molecule has 1 aromatic heterocycles. The third-order valence-corrected chi connectivity index (χ3v) is 3.77. The summed E-state index contributed by atoms with van der Waals surface area (Å²) in [5.41, 5.74) is 2.75.